The highest BCUT2D eigenvalue weighted by Crippen LogP contribution is 2.10. The molecule has 1 aromatic rings. The molecule has 0 bridgehead atoms. The first kappa shape index (κ1) is 20.7. The van der Waals surface area contributed by atoms with Crippen LogP contribution in [0.3, 0.4) is 0 Å². The summed E-state index contributed by atoms with van der Waals surface area (Å²) < 4.78 is 0. The van der Waals surface area contributed by atoms with Crippen molar-refractivity contribution in [2.75, 3.05) is 46.8 Å². The first-order valence-corrected chi connectivity index (χ1v) is 9.98. The maximum Gasteiger partial charge on any atom is 0.315 e. The highest BCUT2D eigenvalue weighted by Gasteiger charge is 2.16. The minimum atomic E-state index is -0.0572. The van der Waals surface area contributed by atoms with Gasteiger partial charge in [0, 0.05) is 25.7 Å². The summed E-state index contributed by atoms with van der Waals surface area (Å²) in [5.41, 5.74) is 1.25. The molecule has 5 heteroatoms. The zero-order valence-corrected chi connectivity index (χ0v) is 16.7. The number of benzene rings is 1. The molecule has 1 aromatic carbocycles. The lowest BCUT2D eigenvalue weighted by molar-refractivity contribution is 0.196. The van der Waals surface area contributed by atoms with Crippen LogP contribution in [0, 0.1) is 5.92 Å². The zero-order chi connectivity index (χ0) is 18.8. The fourth-order valence-electron chi connectivity index (χ4n) is 3.65. The van der Waals surface area contributed by atoms with E-state index in [9.17, 15) is 4.79 Å². The van der Waals surface area contributed by atoms with Crippen LogP contribution >= 0.6 is 0 Å². The first-order valence-electron chi connectivity index (χ1n) is 9.98. The van der Waals surface area contributed by atoms with Crippen molar-refractivity contribution in [2.24, 2.45) is 5.92 Å². The molecular weight excluding hydrogens is 324 g/mol. The number of nitrogens with one attached hydrogen (secondary N) is 2. The Labute approximate surface area is 159 Å². The number of nitrogens with zero attached hydrogens (tertiary/aromatic N) is 2. The summed E-state index contributed by atoms with van der Waals surface area (Å²) in [5.74, 6) is 0.472. The Bertz CT molecular complexity index is 514. The Morgan fingerprint density at radius 1 is 1.15 bits per heavy atom. The Morgan fingerprint density at radius 2 is 1.85 bits per heavy atom. The number of rotatable bonds is 9. The second-order valence-corrected chi connectivity index (χ2v) is 7.97. The van der Waals surface area contributed by atoms with Crippen molar-refractivity contribution in [3.05, 3.63) is 35.9 Å². The SMILES string of the molecule is CC(CNC(=O)NC(Cc1ccccc1)CN(C)C)CN1CCCCC1. The van der Waals surface area contributed by atoms with Gasteiger partial charge in [-0.05, 0) is 57.9 Å². The van der Waals surface area contributed by atoms with Gasteiger partial charge in [-0.3, -0.25) is 0 Å². The molecule has 1 aliphatic rings. The summed E-state index contributed by atoms with van der Waals surface area (Å²) in [5, 5.41) is 6.22. The molecule has 2 unspecified atom stereocenters. The fourth-order valence-corrected chi connectivity index (χ4v) is 3.65. The third kappa shape index (κ3) is 8.19. The molecule has 2 amide bonds. The molecule has 5 nitrogen and oxygen atoms in total. The summed E-state index contributed by atoms with van der Waals surface area (Å²) in [6.07, 6.45) is 4.83. The van der Waals surface area contributed by atoms with Gasteiger partial charge in [-0.25, -0.2) is 4.79 Å². The van der Waals surface area contributed by atoms with E-state index in [1.54, 1.807) is 0 Å². The highest BCUT2D eigenvalue weighted by atomic mass is 16.2. The number of likely N-dealkylation sites (tertiary alicyclic amines) is 1. The van der Waals surface area contributed by atoms with Crippen LogP contribution in [0.5, 0.6) is 0 Å². The number of likely N-dealkylation sites (N-methyl/N-ethyl adjacent to an activating group) is 1. The standard InChI is InChI=1S/C21H36N4O/c1-18(16-25-12-8-5-9-13-25)15-22-21(26)23-20(17-24(2)3)14-19-10-6-4-7-11-19/h4,6-7,10-11,18,20H,5,8-9,12-17H2,1-3H3,(H2,22,23,26). The van der Waals surface area contributed by atoms with Gasteiger partial charge in [0.1, 0.15) is 0 Å². The molecule has 2 atom stereocenters. The van der Waals surface area contributed by atoms with Crippen LogP contribution in [0.1, 0.15) is 31.7 Å². The number of hydrogen-bond acceptors (Lipinski definition) is 3. The Kier molecular flexibility index (Phi) is 8.92. The minimum absolute atomic E-state index is 0.0572. The van der Waals surface area contributed by atoms with Gasteiger partial charge in [0.15, 0.2) is 0 Å². The zero-order valence-electron chi connectivity index (χ0n) is 16.7. The van der Waals surface area contributed by atoms with Crippen LogP contribution in [0.25, 0.3) is 0 Å². The van der Waals surface area contributed by atoms with E-state index in [0.29, 0.717) is 5.92 Å². The fraction of sp³-hybridized carbons (Fsp3) is 0.667. The molecule has 1 saturated heterocycles. The van der Waals surface area contributed by atoms with Crippen molar-refractivity contribution >= 4 is 6.03 Å². The smallest absolute Gasteiger partial charge is 0.315 e. The number of urea groups is 1. The van der Waals surface area contributed by atoms with Crippen molar-refractivity contribution in [1.29, 1.82) is 0 Å². The van der Waals surface area contributed by atoms with Crippen LogP contribution in [-0.2, 0) is 6.42 Å². The van der Waals surface area contributed by atoms with E-state index >= 15 is 0 Å². The molecule has 0 saturated carbocycles. The van der Waals surface area contributed by atoms with Gasteiger partial charge >= 0.3 is 6.03 Å². The van der Waals surface area contributed by atoms with Gasteiger partial charge in [-0.1, -0.05) is 43.7 Å². The van der Waals surface area contributed by atoms with Gasteiger partial charge in [-0.15, -0.1) is 0 Å². The molecule has 0 aromatic heterocycles. The van der Waals surface area contributed by atoms with E-state index in [0.717, 1.165) is 26.1 Å². The molecular formula is C21H36N4O. The lowest BCUT2D eigenvalue weighted by Gasteiger charge is -2.29. The lowest BCUT2D eigenvalue weighted by atomic mass is 10.1. The van der Waals surface area contributed by atoms with Crippen molar-refractivity contribution in [2.45, 2.75) is 38.6 Å². The van der Waals surface area contributed by atoms with Crippen molar-refractivity contribution < 1.29 is 4.79 Å². The second-order valence-electron chi connectivity index (χ2n) is 7.97. The summed E-state index contributed by atoms with van der Waals surface area (Å²) in [6, 6.07) is 10.4. The topological polar surface area (TPSA) is 47.6 Å². The summed E-state index contributed by atoms with van der Waals surface area (Å²) in [4.78, 5) is 17.0. The van der Waals surface area contributed by atoms with Crippen LogP contribution in [0.4, 0.5) is 4.79 Å². The minimum Gasteiger partial charge on any atom is -0.338 e. The summed E-state index contributed by atoms with van der Waals surface area (Å²) in [6.45, 7) is 7.26. The van der Waals surface area contributed by atoms with Crippen LogP contribution in [0.15, 0.2) is 30.3 Å². The Hall–Kier alpha value is -1.59. The van der Waals surface area contributed by atoms with E-state index in [-0.39, 0.29) is 12.1 Å². The molecule has 0 aliphatic carbocycles. The maximum absolute atomic E-state index is 12.4. The van der Waals surface area contributed by atoms with E-state index < -0.39 is 0 Å². The van der Waals surface area contributed by atoms with E-state index in [4.69, 9.17) is 0 Å². The largest absolute Gasteiger partial charge is 0.338 e. The van der Waals surface area contributed by atoms with Crippen molar-refractivity contribution in [1.82, 2.24) is 20.4 Å². The number of amides is 2. The molecule has 1 aliphatic heterocycles. The number of carbonyl (C=O) groups excluding carboxylic acids is 1. The maximum atomic E-state index is 12.4. The second kappa shape index (κ2) is 11.2. The van der Waals surface area contributed by atoms with Crippen molar-refractivity contribution in [3.8, 4) is 0 Å². The molecule has 0 spiro atoms. The number of carbonyl (C=O) groups is 1. The predicted octanol–water partition coefficient (Wildman–Crippen LogP) is 2.58. The number of hydrogen-bond donors (Lipinski definition) is 2. The van der Waals surface area contributed by atoms with Gasteiger partial charge < -0.3 is 20.4 Å². The lowest BCUT2D eigenvalue weighted by Crippen LogP contribution is -2.48. The van der Waals surface area contributed by atoms with Crippen LogP contribution < -0.4 is 10.6 Å². The van der Waals surface area contributed by atoms with Gasteiger partial charge in [-0.2, -0.15) is 0 Å². The molecule has 146 valence electrons. The monoisotopic (exact) mass is 360 g/mol. The normalized spacial score (nSPS) is 17.7. The molecule has 1 fully saturated rings. The summed E-state index contributed by atoms with van der Waals surface area (Å²) >= 11 is 0. The quantitative estimate of drug-likeness (QED) is 0.712. The highest BCUT2D eigenvalue weighted by molar-refractivity contribution is 5.74. The Balaban J connectivity index is 1.74. The van der Waals surface area contributed by atoms with Gasteiger partial charge in [0.05, 0.1) is 0 Å². The number of piperidine rings is 1. The third-order valence-electron chi connectivity index (χ3n) is 4.88. The van der Waals surface area contributed by atoms with E-state index in [1.165, 1.54) is 37.9 Å². The van der Waals surface area contributed by atoms with Crippen LogP contribution in [-0.4, -0.2) is 68.7 Å². The van der Waals surface area contributed by atoms with E-state index in [2.05, 4.69) is 39.5 Å². The average Bonchev–Trinajstić information content (AvgIpc) is 2.61. The average molecular weight is 361 g/mol. The molecule has 2 rings (SSSR count). The molecule has 26 heavy (non-hydrogen) atoms. The van der Waals surface area contributed by atoms with Crippen molar-refractivity contribution in [3.63, 3.8) is 0 Å². The Morgan fingerprint density at radius 3 is 2.50 bits per heavy atom. The summed E-state index contributed by atoms with van der Waals surface area (Å²) in [7, 11) is 4.08. The predicted molar refractivity (Wildman–Crippen MR) is 108 cm³/mol. The molecule has 1 heterocycles. The van der Waals surface area contributed by atoms with Gasteiger partial charge in [0.25, 0.3) is 0 Å². The molecule has 2 N–H and O–H groups in total. The third-order valence-corrected chi connectivity index (χ3v) is 4.88. The van der Waals surface area contributed by atoms with Crippen LogP contribution in [0.2, 0.25) is 0 Å². The molecule has 0 radical (unpaired) electrons. The van der Waals surface area contributed by atoms with Gasteiger partial charge in [0.2, 0.25) is 0 Å². The first-order chi connectivity index (χ1) is 12.5. The van der Waals surface area contributed by atoms with E-state index in [1.807, 2.05) is 32.3 Å².